The van der Waals surface area contributed by atoms with Crippen molar-refractivity contribution in [2.45, 2.75) is 13.2 Å². The zero-order valence-corrected chi connectivity index (χ0v) is 7.03. The van der Waals surface area contributed by atoms with Crippen LogP contribution in [0.15, 0.2) is 4.99 Å². The van der Waals surface area contributed by atoms with Crippen LogP contribution in [0.3, 0.4) is 0 Å². The van der Waals surface area contributed by atoms with Crippen molar-refractivity contribution in [3.63, 3.8) is 0 Å². The summed E-state index contributed by atoms with van der Waals surface area (Å²) in [5.74, 6) is 0. The van der Waals surface area contributed by atoms with Crippen molar-refractivity contribution < 1.29 is 5.11 Å². The molecule has 0 aliphatic carbocycles. The van der Waals surface area contributed by atoms with Crippen LogP contribution in [0.25, 0.3) is 0 Å². The van der Waals surface area contributed by atoms with E-state index in [0.717, 1.165) is 13.1 Å². The van der Waals surface area contributed by atoms with Gasteiger partial charge in [0.2, 0.25) is 0 Å². The molecule has 0 radical (unpaired) electrons. The average molecular weight is 195 g/mol. The van der Waals surface area contributed by atoms with E-state index in [2.05, 4.69) is 4.99 Å². The lowest BCUT2D eigenvalue weighted by Gasteiger charge is -2.16. The summed E-state index contributed by atoms with van der Waals surface area (Å²) >= 11 is 0. The normalized spacial score (nSPS) is 19.6. The molecule has 1 rings (SSSR count). The number of halogens is 1. The summed E-state index contributed by atoms with van der Waals surface area (Å²) in [5.41, 5.74) is 0. The largest absolute Gasteiger partial charge is 0.374 e. The molecule has 0 fully saturated rings. The second-order valence-corrected chi connectivity index (χ2v) is 1.89. The molecule has 0 aromatic rings. The van der Waals surface area contributed by atoms with Gasteiger partial charge in [0.25, 0.3) is 0 Å². The quantitative estimate of drug-likeness (QED) is 0.650. The minimum absolute atomic E-state index is 0. The third-order valence-corrected chi connectivity index (χ3v) is 1.20. The van der Waals surface area contributed by atoms with E-state index in [1.807, 2.05) is 0 Å². The molecule has 0 spiro atoms. The van der Waals surface area contributed by atoms with Crippen LogP contribution in [0, 0.1) is 0 Å². The fourth-order valence-electron chi connectivity index (χ4n) is 0.677. The Labute approximate surface area is 65.2 Å². The molecule has 1 aliphatic heterocycles. The number of aliphatic hydroxyl groups is 1. The molecular formula is C5H11BrN2O. The number of hydrogen-bond acceptors (Lipinski definition) is 3. The first-order valence-corrected chi connectivity index (χ1v) is 2.74. The van der Waals surface area contributed by atoms with Crippen LogP contribution in [-0.4, -0.2) is 35.7 Å². The number of aliphatic hydroxyl groups excluding tert-OH is 1. The predicted molar refractivity (Wildman–Crippen MR) is 42.1 cm³/mol. The monoisotopic (exact) mass is 194 g/mol. The van der Waals surface area contributed by atoms with Crippen molar-refractivity contribution >= 4 is 23.3 Å². The Kier molecular flexibility index (Phi) is 3.81. The zero-order chi connectivity index (χ0) is 5.98. The first-order chi connectivity index (χ1) is 3.80. The number of aliphatic imine (C=N–C) groups is 1. The molecule has 9 heavy (non-hydrogen) atoms. The van der Waals surface area contributed by atoms with Gasteiger partial charge in [0.05, 0.1) is 12.9 Å². The van der Waals surface area contributed by atoms with Crippen molar-refractivity contribution in [3.05, 3.63) is 0 Å². The molecule has 3 nitrogen and oxygen atoms in total. The standard InChI is InChI=1S/C5H10N2O.BrH/c1-5(8)7-3-2-6-4-7;/h4-5,8H,2-3H2,1H3;1H. The molecule has 1 atom stereocenters. The van der Waals surface area contributed by atoms with Crippen LogP contribution < -0.4 is 0 Å². The maximum atomic E-state index is 8.89. The van der Waals surface area contributed by atoms with Gasteiger partial charge >= 0.3 is 0 Å². The lowest BCUT2D eigenvalue weighted by atomic mass is 10.5. The van der Waals surface area contributed by atoms with Crippen LogP contribution in [0.2, 0.25) is 0 Å². The third kappa shape index (κ3) is 2.32. The van der Waals surface area contributed by atoms with Gasteiger partial charge in [-0.25, -0.2) is 0 Å². The van der Waals surface area contributed by atoms with Crippen LogP contribution in [-0.2, 0) is 0 Å². The van der Waals surface area contributed by atoms with Crippen LogP contribution in [0.4, 0.5) is 0 Å². The van der Waals surface area contributed by atoms with Gasteiger partial charge in [-0.3, -0.25) is 4.99 Å². The number of hydrogen-bond donors (Lipinski definition) is 1. The molecule has 1 heterocycles. The predicted octanol–water partition coefficient (Wildman–Crippen LogP) is 0.246. The third-order valence-electron chi connectivity index (χ3n) is 1.20. The summed E-state index contributed by atoms with van der Waals surface area (Å²) in [5, 5.41) is 8.89. The summed E-state index contributed by atoms with van der Waals surface area (Å²) in [6.45, 7) is 3.42. The Bertz CT molecular complexity index is 105. The van der Waals surface area contributed by atoms with Gasteiger partial charge in [-0.15, -0.1) is 17.0 Å². The van der Waals surface area contributed by atoms with E-state index in [0.29, 0.717) is 0 Å². The Hall–Kier alpha value is -0.0900. The molecule has 1 unspecified atom stereocenters. The smallest absolute Gasteiger partial charge is 0.124 e. The maximum Gasteiger partial charge on any atom is 0.124 e. The molecule has 0 aromatic carbocycles. The maximum absolute atomic E-state index is 8.89. The Balaban J connectivity index is 0.000000640. The molecule has 0 bridgehead atoms. The van der Waals surface area contributed by atoms with Crippen LogP contribution in [0.5, 0.6) is 0 Å². The Morgan fingerprint density at radius 3 is 2.67 bits per heavy atom. The zero-order valence-electron chi connectivity index (χ0n) is 5.32. The van der Waals surface area contributed by atoms with Gasteiger partial charge in [-0.1, -0.05) is 0 Å². The van der Waals surface area contributed by atoms with E-state index in [9.17, 15) is 0 Å². The van der Waals surface area contributed by atoms with Crippen molar-refractivity contribution in [1.82, 2.24) is 4.90 Å². The van der Waals surface area contributed by atoms with Crippen molar-refractivity contribution in [3.8, 4) is 0 Å². The lowest BCUT2D eigenvalue weighted by Crippen LogP contribution is -2.29. The highest BCUT2D eigenvalue weighted by Gasteiger charge is 2.08. The van der Waals surface area contributed by atoms with E-state index >= 15 is 0 Å². The molecular weight excluding hydrogens is 184 g/mol. The highest BCUT2D eigenvalue weighted by Crippen LogP contribution is 1.96. The minimum atomic E-state index is -0.374. The molecule has 0 saturated carbocycles. The van der Waals surface area contributed by atoms with Gasteiger partial charge < -0.3 is 10.0 Å². The molecule has 1 N–H and O–H groups in total. The summed E-state index contributed by atoms with van der Waals surface area (Å²) in [6, 6.07) is 0. The molecule has 0 aromatic heterocycles. The second kappa shape index (κ2) is 3.85. The van der Waals surface area contributed by atoms with Gasteiger partial charge in [0.1, 0.15) is 6.23 Å². The number of nitrogens with zero attached hydrogens (tertiary/aromatic N) is 2. The van der Waals surface area contributed by atoms with Gasteiger partial charge in [-0.2, -0.15) is 0 Å². The van der Waals surface area contributed by atoms with Crippen LogP contribution >= 0.6 is 17.0 Å². The van der Waals surface area contributed by atoms with E-state index in [1.165, 1.54) is 0 Å². The number of rotatable bonds is 1. The van der Waals surface area contributed by atoms with Gasteiger partial charge in [0, 0.05) is 6.54 Å². The summed E-state index contributed by atoms with van der Waals surface area (Å²) < 4.78 is 0. The molecule has 54 valence electrons. The van der Waals surface area contributed by atoms with Crippen LogP contribution in [0.1, 0.15) is 6.92 Å². The lowest BCUT2D eigenvalue weighted by molar-refractivity contribution is 0.0814. The SMILES string of the molecule is Br.CC(O)N1C=NCC1. The molecule has 0 saturated heterocycles. The molecule has 1 aliphatic rings. The van der Waals surface area contributed by atoms with E-state index < -0.39 is 0 Å². The average Bonchev–Trinajstić information content (AvgIpc) is 2.12. The summed E-state index contributed by atoms with van der Waals surface area (Å²) in [6.07, 6.45) is 1.31. The highest BCUT2D eigenvalue weighted by atomic mass is 79.9. The fraction of sp³-hybridized carbons (Fsp3) is 0.800. The van der Waals surface area contributed by atoms with E-state index in [1.54, 1.807) is 18.2 Å². The Morgan fingerprint density at radius 1 is 1.78 bits per heavy atom. The van der Waals surface area contributed by atoms with E-state index in [-0.39, 0.29) is 23.2 Å². The van der Waals surface area contributed by atoms with Crippen molar-refractivity contribution in [1.29, 1.82) is 0 Å². The van der Waals surface area contributed by atoms with Crippen molar-refractivity contribution in [2.24, 2.45) is 4.99 Å². The summed E-state index contributed by atoms with van der Waals surface area (Å²) in [4.78, 5) is 5.72. The van der Waals surface area contributed by atoms with Gasteiger partial charge in [0.15, 0.2) is 0 Å². The molecule has 4 heteroatoms. The summed E-state index contributed by atoms with van der Waals surface area (Å²) in [7, 11) is 0. The minimum Gasteiger partial charge on any atom is -0.374 e. The van der Waals surface area contributed by atoms with E-state index in [4.69, 9.17) is 5.11 Å². The first-order valence-electron chi connectivity index (χ1n) is 2.74. The highest BCUT2D eigenvalue weighted by molar-refractivity contribution is 8.93. The second-order valence-electron chi connectivity index (χ2n) is 1.89. The fourth-order valence-corrected chi connectivity index (χ4v) is 0.677. The molecule has 0 amide bonds. The topological polar surface area (TPSA) is 35.8 Å². The first kappa shape index (κ1) is 8.91. The van der Waals surface area contributed by atoms with Crippen molar-refractivity contribution in [2.75, 3.05) is 13.1 Å². The Morgan fingerprint density at radius 2 is 2.44 bits per heavy atom. The van der Waals surface area contributed by atoms with Gasteiger partial charge in [-0.05, 0) is 6.92 Å².